The van der Waals surface area contributed by atoms with E-state index in [1.165, 1.54) is 0 Å². The van der Waals surface area contributed by atoms with Crippen LogP contribution in [0.25, 0.3) is 0 Å². The van der Waals surface area contributed by atoms with Gasteiger partial charge in [-0.2, -0.15) is 11.8 Å². The van der Waals surface area contributed by atoms with Crippen LogP contribution in [0.4, 0.5) is 4.79 Å². The van der Waals surface area contributed by atoms with E-state index in [1.807, 2.05) is 13.2 Å². The van der Waals surface area contributed by atoms with Crippen molar-refractivity contribution in [3.8, 4) is 0 Å². The molecule has 3 nitrogen and oxygen atoms in total. The summed E-state index contributed by atoms with van der Waals surface area (Å²) in [6, 6.07) is -0.0547. The number of rotatable bonds is 5. The monoisotopic (exact) mass is 176 g/mol. The normalized spacial score (nSPS) is 9.27. The van der Waals surface area contributed by atoms with Crippen molar-refractivity contribution in [3.05, 3.63) is 0 Å². The van der Waals surface area contributed by atoms with Gasteiger partial charge in [0.15, 0.2) is 0 Å². The first kappa shape index (κ1) is 10.6. The van der Waals surface area contributed by atoms with E-state index in [-0.39, 0.29) is 6.03 Å². The van der Waals surface area contributed by atoms with Crippen molar-refractivity contribution in [1.29, 1.82) is 0 Å². The van der Waals surface area contributed by atoms with Crippen LogP contribution in [0.3, 0.4) is 0 Å². The molecule has 0 radical (unpaired) electrons. The molecule has 2 amide bonds. The highest BCUT2D eigenvalue weighted by Gasteiger charge is 1.94. The van der Waals surface area contributed by atoms with E-state index < -0.39 is 0 Å². The molecule has 0 saturated heterocycles. The van der Waals surface area contributed by atoms with Gasteiger partial charge in [-0.1, -0.05) is 6.92 Å². The number of thioether (sulfide) groups is 1. The first-order chi connectivity index (χ1) is 5.31. The van der Waals surface area contributed by atoms with E-state index >= 15 is 0 Å². The predicted octanol–water partition coefficient (Wildman–Crippen LogP) is 1.06. The van der Waals surface area contributed by atoms with Crippen LogP contribution in [0.5, 0.6) is 0 Å². The minimum Gasteiger partial charge on any atom is -0.338 e. The third kappa shape index (κ3) is 7.52. The van der Waals surface area contributed by atoms with Gasteiger partial charge in [-0.05, 0) is 12.7 Å². The predicted molar refractivity (Wildman–Crippen MR) is 50.1 cm³/mol. The Morgan fingerprint density at radius 1 is 1.36 bits per heavy atom. The Bertz CT molecular complexity index is 109. The van der Waals surface area contributed by atoms with Crippen LogP contribution in [-0.4, -0.2) is 31.1 Å². The number of urea groups is 1. The van der Waals surface area contributed by atoms with E-state index in [9.17, 15) is 4.79 Å². The fraction of sp³-hybridized carbons (Fsp3) is 0.857. The summed E-state index contributed by atoms with van der Waals surface area (Å²) in [5.74, 6) is 0.972. The number of carbonyl (C=O) groups excluding carboxylic acids is 1. The smallest absolute Gasteiger partial charge is 0.314 e. The van der Waals surface area contributed by atoms with Crippen molar-refractivity contribution in [1.82, 2.24) is 10.6 Å². The van der Waals surface area contributed by atoms with Crippen LogP contribution >= 0.6 is 11.8 Å². The van der Waals surface area contributed by atoms with Crippen molar-refractivity contribution in [2.24, 2.45) is 0 Å². The Morgan fingerprint density at radius 2 is 2.00 bits per heavy atom. The van der Waals surface area contributed by atoms with Gasteiger partial charge in [0.05, 0.1) is 0 Å². The lowest BCUT2D eigenvalue weighted by atomic mass is 10.5. The lowest BCUT2D eigenvalue weighted by molar-refractivity contribution is 0.241. The molecule has 0 rings (SSSR count). The van der Waals surface area contributed by atoms with Crippen molar-refractivity contribution in [3.63, 3.8) is 0 Å². The van der Waals surface area contributed by atoms with Gasteiger partial charge in [0.1, 0.15) is 0 Å². The van der Waals surface area contributed by atoms with E-state index in [0.29, 0.717) is 0 Å². The van der Waals surface area contributed by atoms with Crippen molar-refractivity contribution in [2.45, 2.75) is 13.3 Å². The average molecular weight is 176 g/mol. The Labute approximate surface area is 72.3 Å². The SMILES string of the molecule is CCCNC(=O)NCCSC. The second-order valence-electron chi connectivity index (χ2n) is 2.18. The molecule has 0 aromatic carbocycles. The third-order valence-corrected chi connectivity index (χ3v) is 1.74. The molecule has 0 aliphatic heterocycles. The summed E-state index contributed by atoms with van der Waals surface area (Å²) in [6.45, 7) is 3.53. The standard InChI is InChI=1S/C7H16N2OS/c1-3-4-8-7(10)9-5-6-11-2/h3-6H2,1-2H3,(H2,8,9,10). The third-order valence-electron chi connectivity index (χ3n) is 1.13. The van der Waals surface area contributed by atoms with E-state index in [2.05, 4.69) is 10.6 Å². The summed E-state index contributed by atoms with van der Waals surface area (Å²) in [4.78, 5) is 10.8. The summed E-state index contributed by atoms with van der Waals surface area (Å²) in [6.07, 6.45) is 3.00. The van der Waals surface area contributed by atoms with E-state index in [1.54, 1.807) is 11.8 Å². The van der Waals surface area contributed by atoms with Gasteiger partial charge in [0.25, 0.3) is 0 Å². The molecule has 11 heavy (non-hydrogen) atoms. The maximum Gasteiger partial charge on any atom is 0.314 e. The molecule has 66 valence electrons. The number of nitrogens with one attached hydrogen (secondary N) is 2. The average Bonchev–Trinajstić information content (AvgIpc) is 2.01. The second-order valence-corrected chi connectivity index (χ2v) is 3.16. The highest BCUT2D eigenvalue weighted by atomic mass is 32.2. The Balaban J connectivity index is 3.09. The number of amides is 2. The number of hydrogen-bond donors (Lipinski definition) is 2. The highest BCUT2D eigenvalue weighted by Crippen LogP contribution is 1.86. The number of carbonyl (C=O) groups is 1. The number of hydrogen-bond acceptors (Lipinski definition) is 2. The summed E-state index contributed by atoms with van der Waals surface area (Å²) >= 11 is 1.72. The lowest BCUT2D eigenvalue weighted by Crippen LogP contribution is -2.36. The molecule has 0 aliphatic carbocycles. The Hall–Kier alpha value is -0.380. The van der Waals surface area contributed by atoms with E-state index in [4.69, 9.17) is 0 Å². The maximum atomic E-state index is 10.8. The van der Waals surface area contributed by atoms with Crippen molar-refractivity contribution < 1.29 is 4.79 Å². The molecular weight excluding hydrogens is 160 g/mol. The first-order valence-corrected chi connectivity index (χ1v) is 5.21. The largest absolute Gasteiger partial charge is 0.338 e. The fourth-order valence-electron chi connectivity index (χ4n) is 0.568. The van der Waals surface area contributed by atoms with Crippen LogP contribution in [0.1, 0.15) is 13.3 Å². The van der Waals surface area contributed by atoms with Crippen LogP contribution < -0.4 is 10.6 Å². The van der Waals surface area contributed by atoms with E-state index in [0.717, 1.165) is 25.3 Å². The summed E-state index contributed by atoms with van der Waals surface area (Å²) in [7, 11) is 0. The molecule has 0 bridgehead atoms. The zero-order valence-corrected chi connectivity index (χ0v) is 7.96. The molecule has 0 spiro atoms. The maximum absolute atomic E-state index is 10.8. The summed E-state index contributed by atoms with van der Waals surface area (Å²) in [5, 5.41) is 5.48. The van der Waals surface area contributed by atoms with Crippen LogP contribution in [-0.2, 0) is 0 Å². The molecule has 0 saturated carbocycles. The molecule has 2 N–H and O–H groups in total. The summed E-state index contributed by atoms with van der Waals surface area (Å²) < 4.78 is 0. The minimum atomic E-state index is -0.0547. The van der Waals surface area contributed by atoms with Crippen LogP contribution in [0, 0.1) is 0 Å². The van der Waals surface area contributed by atoms with Crippen LogP contribution in [0.2, 0.25) is 0 Å². The zero-order chi connectivity index (χ0) is 8.53. The van der Waals surface area contributed by atoms with Gasteiger partial charge in [0.2, 0.25) is 0 Å². The minimum absolute atomic E-state index is 0.0547. The van der Waals surface area contributed by atoms with Gasteiger partial charge >= 0.3 is 6.03 Å². The van der Waals surface area contributed by atoms with Crippen molar-refractivity contribution in [2.75, 3.05) is 25.1 Å². The molecule has 0 fully saturated rings. The van der Waals surface area contributed by atoms with Crippen molar-refractivity contribution >= 4 is 17.8 Å². The first-order valence-electron chi connectivity index (χ1n) is 3.82. The summed E-state index contributed by atoms with van der Waals surface area (Å²) in [5.41, 5.74) is 0. The topological polar surface area (TPSA) is 41.1 Å². The molecule has 4 heteroatoms. The molecule has 0 aromatic rings. The van der Waals surface area contributed by atoms with Crippen LogP contribution in [0.15, 0.2) is 0 Å². The second kappa shape index (κ2) is 7.72. The fourth-order valence-corrected chi connectivity index (χ4v) is 0.874. The highest BCUT2D eigenvalue weighted by molar-refractivity contribution is 7.98. The van der Waals surface area contributed by atoms with Gasteiger partial charge in [-0.15, -0.1) is 0 Å². The molecule has 0 aromatic heterocycles. The molecule has 0 atom stereocenters. The molecule has 0 heterocycles. The van der Waals surface area contributed by atoms with Gasteiger partial charge < -0.3 is 10.6 Å². The molecule has 0 aliphatic rings. The Morgan fingerprint density at radius 3 is 2.55 bits per heavy atom. The Kier molecular flexibility index (Phi) is 7.46. The molecular formula is C7H16N2OS. The quantitative estimate of drug-likeness (QED) is 0.615. The lowest BCUT2D eigenvalue weighted by Gasteiger charge is -2.04. The van der Waals surface area contributed by atoms with Gasteiger partial charge in [0, 0.05) is 18.8 Å². The zero-order valence-electron chi connectivity index (χ0n) is 7.14. The van der Waals surface area contributed by atoms with Gasteiger partial charge in [-0.3, -0.25) is 0 Å². The van der Waals surface area contributed by atoms with Gasteiger partial charge in [-0.25, -0.2) is 4.79 Å². The molecule has 0 unspecified atom stereocenters.